The van der Waals surface area contributed by atoms with Gasteiger partial charge in [0.1, 0.15) is 6.04 Å². The van der Waals surface area contributed by atoms with Crippen LogP contribution in [-0.2, 0) is 11.3 Å². The smallest absolute Gasteiger partial charge is 0.315 e. The van der Waals surface area contributed by atoms with Gasteiger partial charge in [-0.1, -0.05) is 35.0 Å². The molecule has 3 N–H and O–H groups in total. The highest BCUT2D eigenvalue weighted by Crippen LogP contribution is 2.19. The number of amides is 2. The summed E-state index contributed by atoms with van der Waals surface area (Å²) in [6.45, 7) is 2.03. The molecule has 8 nitrogen and oxygen atoms in total. The molecule has 2 rings (SSSR count). The molecule has 0 saturated carbocycles. The number of nitrogens with two attached hydrogens (primary N) is 1. The lowest BCUT2D eigenvalue weighted by atomic mass is 10.0. The Kier molecular flexibility index (Phi) is 5.07. The van der Waals surface area contributed by atoms with Crippen molar-refractivity contribution in [1.29, 1.82) is 0 Å². The van der Waals surface area contributed by atoms with E-state index in [-0.39, 0.29) is 24.2 Å². The Labute approximate surface area is 133 Å². The quantitative estimate of drug-likeness (QED) is 0.797. The van der Waals surface area contributed by atoms with Crippen LogP contribution in [0.3, 0.4) is 0 Å². The second kappa shape index (κ2) is 7.01. The van der Waals surface area contributed by atoms with Gasteiger partial charge in [-0.2, -0.15) is 4.98 Å². The molecule has 23 heavy (non-hydrogen) atoms. The Hall–Kier alpha value is -2.74. The third kappa shape index (κ3) is 4.13. The van der Waals surface area contributed by atoms with Crippen molar-refractivity contribution in [2.24, 2.45) is 5.73 Å². The molecule has 0 radical (unpaired) electrons. The molecular formula is C15H19N5O3. The minimum Gasteiger partial charge on any atom is -0.361 e. The summed E-state index contributed by atoms with van der Waals surface area (Å²) in [6.07, 6.45) is 0. The van der Waals surface area contributed by atoms with Gasteiger partial charge >= 0.3 is 11.8 Å². The minimum atomic E-state index is -0.805. The first-order chi connectivity index (χ1) is 10.9. The van der Waals surface area contributed by atoms with Crippen LogP contribution in [-0.4, -0.2) is 41.0 Å². The molecule has 8 heteroatoms. The van der Waals surface area contributed by atoms with Gasteiger partial charge in [0.15, 0.2) is 5.82 Å². The summed E-state index contributed by atoms with van der Waals surface area (Å²) in [5.41, 5.74) is 7.03. The second-order valence-electron chi connectivity index (χ2n) is 5.37. The zero-order valence-corrected chi connectivity index (χ0v) is 13.2. The van der Waals surface area contributed by atoms with Gasteiger partial charge in [-0.25, -0.2) is 0 Å². The highest BCUT2D eigenvalue weighted by molar-refractivity contribution is 5.87. The van der Waals surface area contributed by atoms with E-state index in [2.05, 4.69) is 20.0 Å². The van der Waals surface area contributed by atoms with Crippen LogP contribution in [0.15, 0.2) is 28.8 Å². The number of likely N-dealkylation sites (N-methyl/N-ethyl adjacent to an activating group) is 1. The topological polar surface area (TPSA) is 114 Å². The summed E-state index contributed by atoms with van der Waals surface area (Å²) in [5, 5.41) is 6.31. The largest absolute Gasteiger partial charge is 0.361 e. The maximum atomic E-state index is 12.5. The van der Waals surface area contributed by atoms with E-state index in [4.69, 9.17) is 5.73 Å². The van der Waals surface area contributed by atoms with Gasteiger partial charge in [0.05, 0.1) is 6.54 Å². The Morgan fingerprint density at radius 3 is 2.48 bits per heavy atom. The van der Waals surface area contributed by atoms with Crippen LogP contribution in [0.1, 0.15) is 33.7 Å². The van der Waals surface area contributed by atoms with Crippen molar-refractivity contribution < 1.29 is 14.1 Å². The molecule has 2 aromatic rings. The molecule has 1 aromatic carbocycles. The minimum absolute atomic E-state index is 0.0474. The van der Waals surface area contributed by atoms with E-state index in [1.54, 1.807) is 0 Å². The fourth-order valence-electron chi connectivity index (χ4n) is 2.12. The van der Waals surface area contributed by atoms with Crippen molar-refractivity contribution in [3.63, 3.8) is 0 Å². The van der Waals surface area contributed by atoms with Crippen LogP contribution in [0, 0.1) is 6.92 Å². The molecule has 0 fully saturated rings. The van der Waals surface area contributed by atoms with Crippen LogP contribution in [0.5, 0.6) is 0 Å². The fraction of sp³-hybridized carbons (Fsp3) is 0.333. The predicted octanol–water partition coefficient (Wildman–Crippen LogP) is 0.396. The van der Waals surface area contributed by atoms with E-state index in [1.807, 2.05) is 50.2 Å². The zero-order chi connectivity index (χ0) is 17.0. The number of primary amides is 1. The molecule has 0 spiro atoms. The van der Waals surface area contributed by atoms with Gasteiger partial charge in [0, 0.05) is 0 Å². The average Bonchev–Trinajstić information content (AvgIpc) is 2.96. The van der Waals surface area contributed by atoms with Gasteiger partial charge in [0.2, 0.25) is 5.91 Å². The molecule has 122 valence electrons. The number of benzene rings is 1. The Morgan fingerprint density at radius 2 is 1.96 bits per heavy atom. The maximum Gasteiger partial charge on any atom is 0.315 e. The highest BCUT2D eigenvalue weighted by atomic mass is 16.5. The summed E-state index contributed by atoms with van der Waals surface area (Å²) in [4.78, 5) is 28.9. The predicted molar refractivity (Wildman–Crippen MR) is 82.3 cm³/mol. The average molecular weight is 317 g/mol. The van der Waals surface area contributed by atoms with Crippen molar-refractivity contribution in [1.82, 2.24) is 20.4 Å². The van der Waals surface area contributed by atoms with Crippen molar-refractivity contribution in [3.8, 4) is 0 Å². The fourth-order valence-corrected chi connectivity index (χ4v) is 2.12. The van der Waals surface area contributed by atoms with Crippen LogP contribution in [0.25, 0.3) is 0 Å². The summed E-state index contributed by atoms with van der Waals surface area (Å²) in [6, 6.07) is 7.30. The van der Waals surface area contributed by atoms with Crippen molar-refractivity contribution >= 4 is 11.8 Å². The van der Waals surface area contributed by atoms with Crippen LogP contribution < -0.4 is 11.1 Å². The number of hydrogen-bond donors (Lipinski definition) is 2. The zero-order valence-electron chi connectivity index (χ0n) is 13.2. The number of aryl methyl sites for hydroxylation is 1. The van der Waals surface area contributed by atoms with Crippen LogP contribution in [0.2, 0.25) is 0 Å². The monoisotopic (exact) mass is 317 g/mol. The van der Waals surface area contributed by atoms with Gasteiger partial charge in [-0.3, -0.25) is 14.5 Å². The standard InChI is InChI=1S/C15H19N5O3/c1-9-4-6-10(7-5-9)12(20(2)3)14(22)17-8-11-18-15(13(16)21)23-19-11/h4-7,12H,8H2,1-3H3,(H2,16,21)(H,17,22)/t12-/m1/s1. The molecule has 2 amide bonds. The Morgan fingerprint density at radius 1 is 1.30 bits per heavy atom. The van der Waals surface area contributed by atoms with E-state index in [0.29, 0.717) is 0 Å². The lowest BCUT2D eigenvalue weighted by Gasteiger charge is -2.23. The molecule has 1 atom stereocenters. The van der Waals surface area contributed by atoms with Crippen molar-refractivity contribution in [2.45, 2.75) is 19.5 Å². The lowest BCUT2D eigenvalue weighted by Crippen LogP contribution is -2.36. The highest BCUT2D eigenvalue weighted by Gasteiger charge is 2.23. The first-order valence-electron chi connectivity index (χ1n) is 7.01. The molecule has 1 aromatic heterocycles. The van der Waals surface area contributed by atoms with E-state index in [9.17, 15) is 9.59 Å². The maximum absolute atomic E-state index is 12.5. The number of rotatable bonds is 6. The summed E-state index contributed by atoms with van der Waals surface area (Å²) >= 11 is 0. The number of nitrogens with one attached hydrogen (secondary N) is 1. The van der Waals surface area contributed by atoms with Gasteiger partial charge in [-0.15, -0.1) is 0 Å². The van der Waals surface area contributed by atoms with Crippen LogP contribution >= 0.6 is 0 Å². The van der Waals surface area contributed by atoms with E-state index in [0.717, 1.165) is 11.1 Å². The third-order valence-corrected chi connectivity index (χ3v) is 3.26. The normalized spacial score (nSPS) is 12.2. The molecule has 0 bridgehead atoms. The first kappa shape index (κ1) is 16.6. The second-order valence-corrected chi connectivity index (χ2v) is 5.37. The van der Waals surface area contributed by atoms with Crippen LogP contribution in [0.4, 0.5) is 0 Å². The molecule has 0 aliphatic heterocycles. The first-order valence-corrected chi connectivity index (χ1v) is 7.01. The van der Waals surface area contributed by atoms with E-state index < -0.39 is 11.9 Å². The van der Waals surface area contributed by atoms with Crippen molar-refractivity contribution in [2.75, 3.05) is 14.1 Å². The summed E-state index contributed by atoms with van der Waals surface area (Å²) < 4.78 is 4.67. The van der Waals surface area contributed by atoms with E-state index in [1.165, 1.54) is 0 Å². The molecule has 0 saturated heterocycles. The SMILES string of the molecule is Cc1ccc([C@H](C(=O)NCc2noc(C(N)=O)n2)N(C)C)cc1. The summed E-state index contributed by atoms with van der Waals surface area (Å²) in [5.74, 6) is -1.10. The summed E-state index contributed by atoms with van der Waals surface area (Å²) in [7, 11) is 3.65. The van der Waals surface area contributed by atoms with Crippen molar-refractivity contribution in [3.05, 3.63) is 47.1 Å². The number of aromatic nitrogens is 2. The molecule has 0 aliphatic carbocycles. The molecule has 0 unspecified atom stereocenters. The molecular weight excluding hydrogens is 298 g/mol. The van der Waals surface area contributed by atoms with Gasteiger partial charge in [0.25, 0.3) is 0 Å². The van der Waals surface area contributed by atoms with Gasteiger partial charge < -0.3 is 15.6 Å². The molecule has 0 aliphatic rings. The number of carbonyl (C=O) groups excluding carboxylic acids is 2. The molecule has 1 heterocycles. The lowest BCUT2D eigenvalue weighted by molar-refractivity contribution is -0.126. The Balaban J connectivity index is 2.06. The number of carbonyl (C=O) groups is 2. The van der Waals surface area contributed by atoms with Gasteiger partial charge in [-0.05, 0) is 26.6 Å². The number of nitrogens with zero attached hydrogens (tertiary/aromatic N) is 3. The van der Waals surface area contributed by atoms with E-state index >= 15 is 0 Å². The Bertz CT molecular complexity index is 693. The third-order valence-electron chi connectivity index (χ3n) is 3.26. The number of hydrogen-bond acceptors (Lipinski definition) is 6.